The number of nitrogens with two attached hydrogens (primary N) is 1. The van der Waals surface area contributed by atoms with Gasteiger partial charge in [-0.3, -0.25) is 0 Å². The van der Waals surface area contributed by atoms with Gasteiger partial charge in [0.25, 0.3) is 0 Å². The average molecular weight is 293 g/mol. The SMILES string of the molecule is CC1(CN)CCN(S(=O)(=O)Cc2cccc(C#N)c2)C1. The van der Waals surface area contributed by atoms with E-state index in [9.17, 15) is 8.42 Å². The van der Waals surface area contributed by atoms with E-state index in [0.717, 1.165) is 6.42 Å². The van der Waals surface area contributed by atoms with E-state index in [0.29, 0.717) is 30.8 Å². The molecule has 0 spiro atoms. The van der Waals surface area contributed by atoms with Gasteiger partial charge in [-0.05, 0) is 36.1 Å². The van der Waals surface area contributed by atoms with Crippen LogP contribution in [0.4, 0.5) is 0 Å². The highest BCUT2D eigenvalue weighted by atomic mass is 32.2. The van der Waals surface area contributed by atoms with Crippen molar-refractivity contribution in [1.82, 2.24) is 4.31 Å². The molecule has 6 heteroatoms. The Hall–Kier alpha value is -1.42. The molecule has 20 heavy (non-hydrogen) atoms. The predicted octanol–water partition coefficient (Wildman–Crippen LogP) is 1.06. The van der Waals surface area contributed by atoms with Gasteiger partial charge in [0, 0.05) is 13.1 Å². The molecule has 2 N–H and O–H groups in total. The smallest absolute Gasteiger partial charge is 0.218 e. The number of hydrogen-bond donors (Lipinski definition) is 1. The van der Waals surface area contributed by atoms with Crippen LogP contribution in [-0.4, -0.2) is 32.4 Å². The maximum absolute atomic E-state index is 12.4. The van der Waals surface area contributed by atoms with E-state index in [1.807, 2.05) is 13.0 Å². The molecule has 108 valence electrons. The van der Waals surface area contributed by atoms with Crippen molar-refractivity contribution >= 4 is 10.0 Å². The minimum atomic E-state index is -3.35. The van der Waals surface area contributed by atoms with Gasteiger partial charge >= 0.3 is 0 Å². The third-order valence-electron chi connectivity index (χ3n) is 3.81. The highest BCUT2D eigenvalue weighted by Gasteiger charge is 2.38. The lowest BCUT2D eigenvalue weighted by Crippen LogP contribution is -2.35. The van der Waals surface area contributed by atoms with Crippen LogP contribution in [0.25, 0.3) is 0 Å². The fraction of sp³-hybridized carbons (Fsp3) is 0.500. The van der Waals surface area contributed by atoms with Crippen molar-refractivity contribution in [1.29, 1.82) is 5.26 Å². The molecule has 0 amide bonds. The summed E-state index contributed by atoms with van der Waals surface area (Å²) in [7, 11) is -3.35. The number of nitrogens with zero attached hydrogens (tertiary/aromatic N) is 2. The van der Waals surface area contributed by atoms with Crippen LogP contribution in [0.2, 0.25) is 0 Å². The predicted molar refractivity (Wildman–Crippen MR) is 77.1 cm³/mol. The molecular weight excluding hydrogens is 274 g/mol. The maximum atomic E-state index is 12.4. The molecule has 1 aliphatic rings. The molecule has 1 aromatic carbocycles. The summed E-state index contributed by atoms with van der Waals surface area (Å²) in [6.07, 6.45) is 0.793. The molecule has 1 fully saturated rings. The van der Waals surface area contributed by atoms with E-state index >= 15 is 0 Å². The molecule has 1 atom stereocenters. The number of nitriles is 1. The summed E-state index contributed by atoms with van der Waals surface area (Å²) in [6.45, 7) is 3.50. The van der Waals surface area contributed by atoms with Crippen LogP contribution >= 0.6 is 0 Å². The van der Waals surface area contributed by atoms with Gasteiger partial charge in [-0.1, -0.05) is 19.1 Å². The van der Waals surface area contributed by atoms with E-state index in [1.165, 1.54) is 4.31 Å². The summed E-state index contributed by atoms with van der Waals surface area (Å²) in [5, 5.41) is 8.85. The van der Waals surface area contributed by atoms with Crippen molar-refractivity contribution in [3.63, 3.8) is 0 Å². The third-order valence-corrected chi connectivity index (χ3v) is 5.61. The molecule has 0 bridgehead atoms. The summed E-state index contributed by atoms with van der Waals surface area (Å²) in [6, 6.07) is 8.74. The monoisotopic (exact) mass is 293 g/mol. The molecular formula is C14H19N3O2S. The van der Waals surface area contributed by atoms with E-state index in [-0.39, 0.29) is 11.2 Å². The second-order valence-electron chi connectivity index (χ2n) is 5.67. The zero-order valence-corrected chi connectivity index (χ0v) is 12.4. The van der Waals surface area contributed by atoms with Crippen LogP contribution < -0.4 is 5.73 Å². The van der Waals surface area contributed by atoms with E-state index in [2.05, 4.69) is 0 Å². The molecule has 0 aromatic heterocycles. The Bertz CT molecular complexity index is 636. The van der Waals surface area contributed by atoms with Crippen LogP contribution in [0.1, 0.15) is 24.5 Å². The van der Waals surface area contributed by atoms with Gasteiger partial charge in [-0.25, -0.2) is 12.7 Å². The zero-order chi connectivity index (χ0) is 14.8. The number of rotatable bonds is 4. The normalized spacial score (nSPS) is 23.6. The third kappa shape index (κ3) is 3.18. The molecule has 1 aromatic rings. The Labute approximate surface area is 120 Å². The second kappa shape index (κ2) is 5.52. The van der Waals surface area contributed by atoms with Gasteiger partial charge in [0.05, 0.1) is 17.4 Å². The topological polar surface area (TPSA) is 87.2 Å². The number of sulfonamides is 1. The largest absolute Gasteiger partial charge is 0.330 e. The van der Waals surface area contributed by atoms with Gasteiger partial charge < -0.3 is 5.73 Å². The van der Waals surface area contributed by atoms with Crippen molar-refractivity contribution in [3.8, 4) is 6.07 Å². The van der Waals surface area contributed by atoms with Gasteiger partial charge in [0.1, 0.15) is 0 Å². The standard InChI is InChI=1S/C14H19N3O2S/c1-14(10-16)5-6-17(11-14)20(18,19)9-13-4-2-3-12(7-13)8-15/h2-4,7H,5-6,9-11,16H2,1H3. The second-order valence-corrected chi connectivity index (χ2v) is 7.64. The van der Waals surface area contributed by atoms with Crippen LogP contribution in [0.3, 0.4) is 0 Å². The molecule has 1 saturated heterocycles. The van der Waals surface area contributed by atoms with Crippen molar-refractivity contribution in [2.24, 2.45) is 11.1 Å². The summed E-state index contributed by atoms with van der Waals surface area (Å²) < 4.78 is 26.3. The van der Waals surface area contributed by atoms with Crippen molar-refractivity contribution < 1.29 is 8.42 Å². The highest BCUT2D eigenvalue weighted by Crippen LogP contribution is 2.31. The molecule has 1 aliphatic heterocycles. The summed E-state index contributed by atoms with van der Waals surface area (Å²) in [5.41, 5.74) is 6.70. The minimum absolute atomic E-state index is 0.0663. The van der Waals surface area contributed by atoms with Gasteiger partial charge in [-0.15, -0.1) is 0 Å². The van der Waals surface area contributed by atoms with Gasteiger partial charge in [0.2, 0.25) is 10.0 Å². The first-order chi connectivity index (χ1) is 9.38. The Morgan fingerprint density at radius 1 is 1.50 bits per heavy atom. The molecule has 5 nitrogen and oxygen atoms in total. The molecule has 0 saturated carbocycles. The van der Waals surface area contributed by atoms with E-state index in [1.54, 1.807) is 24.3 Å². The van der Waals surface area contributed by atoms with Crippen molar-refractivity contribution in [2.75, 3.05) is 19.6 Å². The lowest BCUT2D eigenvalue weighted by Gasteiger charge is -2.22. The molecule has 1 unspecified atom stereocenters. The van der Waals surface area contributed by atoms with Gasteiger partial charge in [0.15, 0.2) is 0 Å². The van der Waals surface area contributed by atoms with E-state index < -0.39 is 10.0 Å². The Balaban J connectivity index is 2.14. The Morgan fingerprint density at radius 3 is 2.85 bits per heavy atom. The lowest BCUT2D eigenvalue weighted by atomic mass is 9.90. The number of hydrogen-bond acceptors (Lipinski definition) is 4. The first kappa shape index (κ1) is 15.0. The van der Waals surface area contributed by atoms with Gasteiger partial charge in [-0.2, -0.15) is 5.26 Å². The first-order valence-electron chi connectivity index (χ1n) is 6.55. The Morgan fingerprint density at radius 2 is 2.25 bits per heavy atom. The summed E-state index contributed by atoms with van der Waals surface area (Å²) >= 11 is 0. The first-order valence-corrected chi connectivity index (χ1v) is 8.16. The quantitative estimate of drug-likeness (QED) is 0.899. The van der Waals surface area contributed by atoms with E-state index in [4.69, 9.17) is 11.0 Å². The van der Waals surface area contributed by atoms with Crippen LogP contribution in [0.15, 0.2) is 24.3 Å². The average Bonchev–Trinajstić information content (AvgIpc) is 2.83. The van der Waals surface area contributed by atoms with Crippen LogP contribution in [0.5, 0.6) is 0 Å². The number of benzene rings is 1. The molecule has 1 heterocycles. The molecule has 2 rings (SSSR count). The van der Waals surface area contributed by atoms with Crippen molar-refractivity contribution in [3.05, 3.63) is 35.4 Å². The van der Waals surface area contributed by atoms with Crippen LogP contribution in [0, 0.1) is 16.7 Å². The highest BCUT2D eigenvalue weighted by molar-refractivity contribution is 7.88. The maximum Gasteiger partial charge on any atom is 0.218 e. The fourth-order valence-electron chi connectivity index (χ4n) is 2.42. The molecule has 0 radical (unpaired) electrons. The fourth-order valence-corrected chi connectivity index (χ4v) is 4.08. The molecule has 0 aliphatic carbocycles. The lowest BCUT2D eigenvalue weighted by molar-refractivity contribution is 0.349. The Kier molecular flexibility index (Phi) is 4.14. The van der Waals surface area contributed by atoms with Crippen LogP contribution in [-0.2, 0) is 15.8 Å². The summed E-state index contributed by atoms with van der Waals surface area (Å²) in [5.74, 6) is -0.0663. The zero-order valence-electron chi connectivity index (χ0n) is 11.5. The van der Waals surface area contributed by atoms with Crippen molar-refractivity contribution in [2.45, 2.75) is 19.1 Å². The minimum Gasteiger partial charge on any atom is -0.330 e. The summed E-state index contributed by atoms with van der Waals surface area (Å²) in [4.78, 5) is 0.